The molecular formula is C15H13BrClN3O2. The SMILES string of the molecule is CN(CC(=O)Nc1ccccc1Br)C(=O)c1ccc(Cl)nc1. The van der Waals surface area contributed by atoms with Gasteiger partial charge in [-0.3, -0.25) is 9.59 Å². The van der Waals surface area contributed by atoms with Crippen LogP contribution in [0.4, 0.5) is 5.69 Å². The molecule has 0 fully saturated rings. The van der Waals surface area contributed by atoms with Crippen LogP contribution in [0, 0.1) is 0 Å². The van der Waals surface area contributed by atoms with Crippen molar-refractivity contribution in [2.45, 2.75) is 0 Å². The number of nitrogens with one attached hydrogen (secondary N) is 1. The van der Waals surface area contributed by atoms with E-state index in [-0.39, 0.29) is 18.4 Å². The first-order chi connectivity index (χ1) is 10.5. The predicted molar refractivity (Wildman–Crippen MR) is 89.0 cm³/mol. The van der Waals surface area contributed by atoms with Gasteiger partial charge in [-0.2, -0.15) is 0 Å². The number of hydrogen-bond acceptors (Lipinski definition) is 3. The standard InChI is InChI=1S/C15H13BrClN3O2/c1-20(15(22)10-6-7-13(17)18-8-10)9-14(21)19-12-5-3-2-4-11(12)16/h2-8H,9H2,1H3,(H,19,21). The van der Waals surface area contributed by atoms with Gasteiger partial charge < -0.3 is 10.2 Å². The molecule has 5 nitrogen and oxygen atoms in total. The summed E-state index contributed by atoms with van der Waals surface area (Å²) in [6.45, 7) is -0.0667. The van der Waals surface area contributed by atoms with Gasteiger partial charge in [-0.25, -0.2) is 4.98 Å². The molecule has 0 spiro atoms. The molecule has 1 aromatic heterocycles. The third kappa shape index (κ3) is 4.29. The molecule has 0 aliphatic heterocycles. The van der Waals surface area contributed by atoms with E-state index in [1.54, 1.807) is 19.2 Å². The van der Waals surface area contributed by atoms with Crippen LogP contribution in [-0.2, 0) is 4.79 Å². The van der Waals surface area contributed by atoms with Crippen LogP contribution < -0.4 is 5.32 Å². The molecule has 2 rings (SSSR count). The Morgan fingerprint density at radius 1 is 1.27 bits per heavy atom. The lowest BCUT2D eigenvalue weighted by Gasteiger charge is -2.17. The van der Waals surface area contributed by atoms with Gasteiger partial charge in [0.15, 0.2) is 0 Å². The van der Waals surface area contributed by atoms with Crippen molar-refractivity contribution in [3.63, 3.8) is 0 Å². The van der Waals surface area contributed by atoms with Gasteiger partial charge in [0.2, 0.25) is 5.91 Å². The van der Waals surface area contributed by atoms with Crippen LogP contribution in [0.1, 0.15) is 10.4 Å². The summed E-state index contributed by atoms with van der Waals surface area (Å²) in [6.07, 6.45) is 1.38. The molecule has 1 aromatic carbocycles. The molecule has 1 N–H and O–H groups in total. The van der Waals surface area contributed by atoms with Gasteiger partial charge in [0.05, 0.1) is 17.8 Å². The Kier molecular flexibility index (Phi) is 5.51. The second-order valence-corrected chi connectivity index (χ2v) is 5.80. The zero-order valence-corrected chi connectivity index (χ0v) is 14.1. The summed E-state index contributed by atoms with van der Waals surface area (Å²) in [6, 6.07) is 10.4. The number of rotatable bonds is 4. The third-order valence-corrected chi connectivity index (χ3v) is 3.76. The van der Waals surface area contributed by atoms with E-state index in [0.29, 0.717) is 16.4 Å². The molecule has 2 aromatic rings. The van der Waals surface area contributed by atoms with Crippen molar-refractivity contribution in [1.29, 1.82) is 0 Å². The third-order valence-electron chi connectivity index (χ3n) is 2.85. The van der Waals surface area contributed by atoms with Gasteiger partial charge in [0.1, 0.15) is 5.15 Å². The minimum Gasteiger partial charge on any atom is -0.332 e. The Hall–Kier alpha value is -1.92. The number of carbonyl (C=O) groups is 2. The number of hydrogen-bond donors (Lipinski definition) is 1. The smallest absolute Gasteiger partial charge is 0.255 e. The van der Waals surface area contributed by atoms with Crippen LogP contribution in [-0.4, -0.2) is 35.3 Å². The Labute approximate surface area is 141 Å². The van der Waals surface area contributed by atoms with Crippen molar-refractivity contribution in [3.05, 3.63) is 57.8 Å². The van der Waals surface area contributed by atoms with Gasteiger partial charge in [0, 0.05) is 17.7 Å². The van der Waals surface area contributed by atoms with Crippen molar-refractivity contribution in [2.75, 3.05) is 18.9 Å². The monoisotopic (exact) mass is 381 g/mol. The minimum atomic E-state index is -0.300. The molecule has 2 amide bonds. The highest BCUT2D eigenvalue weighted by molar-refractivity contribution is 9.10. The molecular weight excluding hydrogens is 370 g/mol. The highest BCUT2D eigenvalue weighted by Gasteiger charge is 2.15. The Bertz CT molecular complexity index is 691. The summed E-state index contributed by atoms with van der Waals surface area (Å²) in [7, 11) is 1.55. The maximum atomic E-state index is 12.2. The van der Waals surface area contributed by atoms with E-state index in [1.165, 1.54) is 17.2 Å². The first-order valence-corrected chi connectivity index (χ1v) is 7.56. The zero-order valence-electron chi connectivity index (χ0n) is 11.7. The van der Waals surface area contributed by atoms with E-state index in [2.05, 4.69) is 26.2 Å². The lowest BCUT2D eigenvalue weighted by molar-refractivity contribution is -0.116. The fourth-order valence-corrected chi connectivity index (χ4v) is 2.26. The number of benzene rings is 1. The van der Waals surface area contributed by atoms with Gasteiger partial charge >= 0.3 is 0 Å². The van der Waals surface area contributed by atoms with Crippen LogP contribution in [0.5, 0.6) is 0 Å². The first-order valence-electron chi connectivity index (χ1n) is 6.39. The molecule has 7 heteroatoms. The summed E-state index contributed by atoms with van der Waals surface area (Å²) < 4.78 is 0.777. The van der Waals surface area contributed by atoms with Crippen molar-refractivity contribution < 1.29 is 9.59 Å². The number of halogens is 2. The van der Waals surface area contributed by atoms with E-state index >= 15 is 0 Å². The molecule has 22 heavy (non-hydrogen) atoms. The highest BCUT2D eigenvalue weighted by Crippen LogP contribution is 2.21. The van der Waals surface area contributed by atoms with E-state index in [1.807, 2.05) is 18.2 Å². The zero-order chi connectivity index (χ0) is 16.1. The van der Waals surface area contributed by atoms with Gasteiger partial charge in [-0.15, -0.1) is 0 Å². The topological polar surface area (TPSA) is 62.3 Å². The van der Waals surface area contributed by atoms with E-state index in [9.17, 15) is 9.59 Å². The molecule has 0 saturated carbocycles. The Balaban J connectivity index is 1.97. The van der Waals surface area contributed by atoms with Crippen LogP contribution in [0.25, 0.3) is 0 Å². The molecule has 1 heterocycles. The molecule has 0 radical (unpaired) electrons. The summed E-state index contributed by atoms with van der Waals surface area (Å²) in [5, 5.41) is 3.05. The number of likely N-dealkylation sites (N-methyl/N-ethyl adjacent to an activating group) is 1. The lowest BCUT2D eigenvalue weighted by Crippen LogP contribution is -2.35. The largest absolute Gasteiger partial charge is 0.332 e. The predicted octanol–water partition coefficient (Wildman–Crippen LogP) is 3.21. The van der Waals surface area contributed by atoms with E-state index < -0.39 is 0 Å². The second-order valence-electron chi connectivity index (χ2n) is 4.56. The van der Waals surface area contributed by atoms with Gasteiger partial charge in [-0.1, -0.05) is 23.7 Å². The van der Waals surface area contributed by atoms with Crippen molar-refractivity contribution >= 4 is 45.0 Å². The van der Waals surface area contributed by atoms with E-state index in [4.69, 9.17) is 11.6 Å². The average Bonchev–Trinajstić information content (AvgIpc) is 2.49. The average molecular weight is 383 g/mol. The number of para-hydroxylation sites is 1. The lowest BCUT2D eigenvalue weighted by atomic mass is 10.2. The first kappa shape index (κ1) is 16.5. The number of pyridine rings is 1. The summed E-state index contributed by atoms with van der Waals surface area (Å²) in [4.78, 5) is 29.3. The highest BCUT2D eigenvalue weighted by atomic mass is 79.9. The summed E-state index contributed by atoms with van der Waals surface area (Å²) >= 11 is 9.03. The summed E-state index contributed by atoms with van der Waals surface area (Å²) in [5.41, 5.74) is 1.03. The normalized spacial score (nSPS) is 10.1. The molecule has 0 atom stereocenters. The molecule has 0 saturated heterocycles. The van der Waals surface area contributed by atoms with Crippen molar-refractivity contribution in [2.24, 2.45) is 0 Å². The van der Waals surface area contributed by atoms with Gasteiger partial charge in [-0.05, 0) is 40.2 Å². The van der Waals surface area contributed by atoms with Crippen LogP contribution in [0.3, 0.4) is 0 Å². The van der Waals surface area contributed by atoms with Crippen molar-refractivity contribution in [1.82, 2.24) is 9.88 Å². The van der Waals surface area contributed by atoms with E-state index in [0.717, 1.165) is 4.47 Å². The molecule has 0 unspecified atom stereocenters. The Morgan fingerprint density at radius 2 is 2.00 bits per heavy atom. The Morgan fingerprint density at radius 3 is 2.64 bits per heavy atom. The minimum absolute atomic E-state index is 0.0667. The van der Waals surface area contributed by atoms with Crippen LogP contribution in [0.2, 0.25) is 5.15 Å². The maximum absolute atomic E-state index is 12.2. The fraction of sp³-hybridized carbons (Fsp3) is 0.133. The molecule has 0 aliphatic carbocycles. The number of carbonyl (C=O) groups excluding carboxylic acids is 2. The number of amides is 2. The number of anilines is 1. The van der Waals surface area contributed by atoms with Crippen LogP contribution in [0.15, 0.2) is 47.1 Å². The summed E-state index contributed by atoms with van der Waals surface area (Å²) in [5.74, 6) is -0.587. The molecule has 0 bridgehead atoms. The molecule has 114 valence electrons. The molecule has 0 aliphatic rings. The maximum Gasteiger partial charge on any atom is 0.255 e. The van der Waals surface area contributed by atoms with Crippen molar-refractivity contribution in [3.8, 4) is 0 Å². The second kappa shape index (κ2) is 7.38. The number of aromatic nitrogens is 1. The quantitative estimate of drug-likeness (QED) is 0.826. The fourth-order valence-electron chi connectivity index (χ4n) is 1.76. The van der Waals surface area contributed by atoms with Crippen LogP contribution >= 0.6 is 27.5 Å². The van der Waals surface area contributed by atoms with Gasteiger partial charge in [0.25, 0.3) is 5.91 Å². The number of nitrogens with zero attached hydrogens (tertiary/aromatic N) is 2.